The number of carbonyl (C=O) groups is 1. The molecule has 1 N–H and O–H groups in total. The van der Waals surface area contributed by atoms with Crippen molar-refractivity contribution < 1.29 is 14.4 Å². The highest BCUT2D eigenvalue weighted by Crippen LogP contribution is 2.37. The van der Waals surface area contributed by atoms with Crippen molar-refractivity contribution in [3.8, 4) is 0 Å². The molecular formula is C15H15ClN2O3. The second-order valence-corrected chi connectivity index (χ2v) is 5.84. The fraction of sp³-hybridized carbons (Fsp3) is 0.400. The second-order valence-electron chi connectivity index (χ2n) is 5.40. The zero-order chi connectivity index (χ0) is 14.8. The summed E-state index contributed by atoms with van der Waals surface area (Å²) in [4.78, 5) is 15.4. The number of aliphatic carboxylic acids is 1. The van der Waals surface area contributed by atoms with Crippen molar-refractivity contribution in [2.24, 2.45) is 5.92 Å². The highest BCUT2D eigenvalue weighted by molar-refractivity contribution is 6.30. The molecule has 0 amide bonds. The van der Waals surface area contributed by atoms with Crippen LogP contribution in [-0.2, 0) is 11.2 Å². The van der Waals surface area contributed by atoms with Crippen LogP contribution in [-0.4, -0.2) is 21.2 Å². The molecule has 1 aliphatic rings. The highest BCUT2D eigenvalue weighted by atomic mass is 35.5. The van der Waals surface area contributed by atoms with Crippen LogP contribution in [0.5, 0.6) is 0 Å². The van der Waals surface area contributed by atoms with Gasteiger partial charge in [0.25, 0.3) is 0 Å². The van der Waals surface area contributed by atoms with Crippen LogP contribution in [0.4, 0.5) is 0 Å². The molecule has 5 nitrogen and oxygen atoms in total. The van der Waals surface area contributed by atoms with Gasteiger partial charge in [-0.05, 0) is 37.0 Å². The van der Waals surface area contributed by atoms with E-state index in [1.807, 2.05) is 24.3 Å². The summed E-state index contributed by atoms with van der Waals surface area (Å²) >= 11 is 5.95. The molecule has 0 radical (unpaired) electrons. The van der Waals surface area contributed by atoms with Gasteiger partial charge in [0.1, 0.15) is 0 Å². The van der Waals surface area contributed by atoms with Gasteiger partial charge in [0, 0.05) is 17.4 Å². The Morgan fingerprint density at radius 2 is 2.29 bits per heavy atom. The third kappa shape index (κ3) is 3.24. The molecule has 0 aliphatic heterocycles. The van der Waals surface area contributed by atoms with Gasteiger partial charge in [0.05, 0.1) is 5.92 Å². The fourth-order valence-corrected chi connectivity index (χ4v) is 2.98. The predicted octanol–water partition coefficient (Wildman–Crippen LogP) is 3.28. The van der Waals surface area contributed by atoms with E-state index in [0.717, 1.165) is 12.0 Å². The van der Waals surface area contributed by atoms with Crippen molar-refractivity contribution >= 4 is 17.6 Å². The number of nitrogens with zero attached hydrogens (tertiary/aromatic N) is 2. The van der Waals surface area contributed by atoms with Gasteiger partial charge in [-0.3, -0.25) is 4.79 Å². The summed E-state index contributed by atoms with van der Waals surface area (Å²) in [6.07, 6.45) is 2.59. The van der Waals surface area contributed by atoms with E-state index in [1.165, 1.54) is 0 Å². The SMILES string of the molecule is O=C(O)C1CCC(c2nc(Cc3cccc(Cl)c3)no2)C1. The van der Waals surface area contributed by atoms with Crippen LogP contribution >= 0.6 is 11.6 Å². The average molecular weight is 307 g/mol. The molecule has 1 aromatic heterocycles. The number of aromatic nitrogens is 2. The lowest BCUT2D eigenvalue weighted by molar-refractivity contribution is -0.141. The van der Waals surface area contributed by atoms with Crippen LogP contribution in [0.2, 0.25) is 5.02 Å². The molecule has 0 bridgehead atoms. The maximum Gasteiger partial charge on any atom is 0.306 e. The number of benzene rings is 1. The normalized spacial score (nSPS) is 21.6. The fourth-order valence-electron chi connectivity index (χ4n) is 2.76. The molecule has 1 aliphatic carbocycles. The zero-order valence-electron chi connectivity index (χ0n) is 11.3. The first kappa shape index (κ1) is 14.1. The van der Waals surface area contributed by atoms with E-state index < -0.39 is 5.97 Å². The minimum atomic E-state index is -0.740. The molecule has 3 rings (SSSR count). The number of hydrogen-bond acceptors (Lipinski definition) is 4. The quantitative estimate of drug-likeness (QED) is 0.938. The van der Waals surface area contributed by atoms with Gasteiger partial charge in [-0.2, -0.15) is 4.98 Å². The van der Waals surface area contributed by atoms with Gasteiger partial charge >= 0.3 is 5.97 Å². The molecule has 0 saturated heterocycles. The van der Waals surface area contributed by atoms with E-state index in [4.69, 9.17) is 21.2 Å². The Morgan fingerprint density at radius 1 is 1.43 bits per heavy atom. The summed E-state index contributed by atoms with van der Waals surface area (Å²) in [6.45, 7) is 0. The van der Waals surface area contributed by atoms with Gasteiger partial charge in [-0.25, -0.2) is 0 Å². The van der Waals surface area contributed by atoms with Gasteiger partial charge in [-0.15, -0.1) is 0 Å². The van der Waals surface area contributed by atoms with Crippen LogP contribution in [0.3, 0.4) is 0 Å². The largest absolute Gasteiger partial charge is 0.481 e. The Morgan fingerprint density at radius 3 is 3.00 bits per heavy atom. The molecule has 2 atom stereocenters. The van der Waals surface area contributed by atoms with Crippen molar-refractivity contribution in [2.75, 3.05) is 0 Å². The van der Waals surface area contributed by atoms with E-state index in [0.29, 0.717) is 36.0 Å². The van der Waals surface area contributed by atoms with Crippen molar-refractivity contribution in [1.29, 1.82) is 0 Å². The predicted molar refractivity (Wildman–Crippen MR) is 76.3 cm³/mol. The summed E-state index contributed by atoms with van der Waals surface area (Å²) in [5.41, 5.74) is 1.02. The van der Waals surface area contributed by atoms with E-state index in [-0.39, 0.29) is 11.8 Å². The first-order chi connectivity index (χ1) is 10.1. The number of rotatable bonds is 4. The van der Waals surface area contributed by atoms with E-state index >= 15 is 0 Å². The van der Waals surface area contributed by atoms with E-state index in [2.05, 4.69) is 10.1 Å². The summed E-state index contributed by atoms with van der Waals surface area (Å²) < 4.78 is 5.29. The standard InChI is InChI=1S/C15H15ClN2O3/c16-12-3-1-2-9(6-12)7-13-17-14(21-18-13)10-4-5-11(8-10)15(19)20/h1-3,6,10-11H,4-5,7-8H2,(H,19,20). The summed E-state index contributed by atoms with van der Waals surface area (Å²) in [7, 11) is 0. The molecule has 1 fully saturated rings. The minimum absolute atomic E-state index is 0.0618. The monoisotopic (exact) mass is 306 g/mol. The Kier molecular flexibility index (Phi) is 3.92. The number of carboxylic acids is 1. The molecule has 21 heavy (non-hydrogen) atoms. The third-order valence-corrected chi connectivity index (χ3v) is 4.10. The third-order valence-electron chi connectivity index (χ3n) is 3.87. The topological polar surface area (TPSA) is 76.2 Å². The summed E-state index contributed by atoms with van der Waals surface area (Å²) in [5.74, 6) is 0.183. The van der Waals surface area contributed by atoms with Crippen LogP contribution < -0.4 is 0 Å². The van der Waals surface area contributed by atoms with Gasteiger partial charge < -0.3 is 9.63 Å². The zero-order valence-corrected chi connectivity index (χ0v) is 12.1. The molecule has 0 spiro atoms. The molecule has 2 unspecified atom stereocenters. The van der Waals surface area contributed by atoms with E-state index in [9.17, 15) is 4.79 Å². The maximum atomic E-state index is 11.0. The van der Waals surface area contributed by atoms with Crippen molar-refractivity contribution in [3.05, 3.63) is 46.6 Å². The van der Waals surface area contributed by atoms with Crippen LogP contribution in [0.1, 0.15) is 42.5 Å². The molecule has 1 aromatic carbocycles. The highest BCUT2D eigenvalue weighted by Gasteiger charge is 2.33. The van der Waals surface area contributed by atoms with Crippen LogP contribution in [0.25, 0.3) is 0 Å². The first-order valence-electron chi connectivity index (χ1n) is 6.91. The Labute approximate surface area is 126 Å². The van der Waals surface area contributed by atoms with Crippen LogP contribution in [0, 0.1) is 5.92 Å². The van der Waals surface area contributed by atoms with Gasteiger partial charge in [0.2, 0.25) is 5.89 Å². The molecule has 2 aromatic rings. The van der Waals surface area contributed by atoms with Gasteiger partial charge in [0.15, 0.2) is 5.82 Å². The Balaban J connectivity index is 1.68. The molecule has 110 valence electrons. The van der Waals surface area contributed by atoms with Gasteiger partial charge in [-0.1, -0.05) is 28.9 Å². The number of halogens is 1. The Hall–Kier alpha value is -1.88. The molecule has 6 heteroatoms. The average Bonchev–Trinajstić information content (AvgIpc) is 3.06. The summed E-state index contributed by atoms with van der Waals surface area (Å²) in [6, 6.07) is 7.52. The molecular weight excluding hydrogens is 292 g/mol. The first-order valence-corrected chi connectivity index (χ1v) is 7.29. The molecule has 1 saturated carbocycles. The number of hydrogen-bond donors (Lipinski definition) is 1. The van der Waals surface area contributed by atoms with Crippen molar-refractivity contribution in [3.63, 3.8) is 0 Å². The van der Waals surface area contributed by atoms with E-state index in [1.54, 1.807) is 0 Å². The molecule has 1 heterocycles. The lowest BCUT2D eigenvalue weighted by Crippen LogP contribution is -2.09. The smallest absolute Gasteiger partial charge is 0.306 e. The lowest BCUT2D eigenvalue weighted by Gasteiger charge is -2.02. The Bertz CT molecular complexity index is 656. The summed E-state index contributed by atoms with van der Waals surface area (Å²) in [5, 5.41) is 13.7. The van der Waals surface area contributed by atoms with Crippen molar-refractivity contribution in [2.45, 2.75) is 31.6 Å². The van der Waals surface area contributed by atoms with Crippen molar-refractivity contribution in [1.82, 2.24) is 10.1 Å². The number of carboxylic acid groups (broad SMARTS) is 1. The lowest BCUT2D eigenvalue weighted by atomic mass is 10.1. The minimum Gasteiger partial charge on any atom is -0.481 e. The maximum absolute atomic E-state index is 11.0. The van der Waals surface area contributed by atoms with Crippen LogP contribution in [0.15, 0.2) is 28.8 Å². The second kappa shape index (κ2) is 5.85.